The molecule has 0 radical (unpaired) electrons. The Hall–Kier alpha value is -1.35. The van der Waals surface area contributed by atoms with Gasteiger partial charge in [0.25, 0.3) is 0 Å². The molecule has 1 aliphatic heterocycles. The van der Waals surface area contributed by atoms with Gasteiger partial charge in [0, 0.05) is 19.1 Å². The van der Waals surface area contributed by atoms with Gasteiger partial charge in [-0.15, -0.1) is 0 Å². The minimum absolute atomic E-state index is 0.190. The van der Waals surface area contributed by atoms with Crippen molar-refractivity contribution in [1.82, 2.24) is 4.90 Å². The Kier molecular flexibility index (Phi) is 2.04. The molecule has 84 valence electrons. The smallest absolute Gasteiger partial charge is 0.233 e. The number of nitrogens with two attached hydrogens (primary N) is 1. The molecule has 0 spiro atoms. The molecule has 0 aromatic heterocycles. The third kappa shape index (κ3) is 1.35. The van der Waals surface area contributed by atoms with Crippen molar-refractivity contribution in [3.8, 4) is 0 Å². The summed E-state index contributed by atoms with van der Waals surface area (Å²) in [7, 11) is 0. The van der Waals surface area contributed by atoms with Gasteiger partial charge in [-0.1, -0.05) is 30.3 Å². The maximum absolute atomic E-state index is 12.3. The molecule has 1 amide bonds. The van der Waals surface area contributed by atoms with Gasteiger partial charge in [-0.2, -0.15) is 0 Å². The lowest BCUT2D eigenvalue weighted by molar-refractivity contribution is -0.138. The van der Waals surface area contributed by atoms with Crippen molar-refractivity contribution in [1.29, 1.82) is 0 Å². The van der Waals surface area contributed by atoms with E-state index >= 15 is 0 Å². The fourth-order valence-electron chi connectivity index (χ4n) is 2.49. The third-order valence-electron chi connectivity index (χ3n) is 3.68. The zero-order valence-electron chi connectivity index (χ0n) is 9.23. The van der Waals surface area contributed by atoms with E-state index in [0.717, 1.165) is 25.9 Å². The van der Waals surface area contributed by atoms with Crippen LogP contribution in [0.3, 0.4) is 0 Å². The minimum Gasteiger partial charge on any atom is -0.339 e. The predicted octanol–water partition coefficient (Wildman–Crippen LogP) is 0.888. The number of likely N-dealkylation sites (tertiary alicyclic amines) is 1. The molecule has 0 atom stereocenters. The molecule has 3 rings (SSSR count). The Balaban J connectivity index is 1.81. The maximum atomic E-state index is 12.3. The molecular weight excluding hydrogens is 200 g/mol. The first-order valence-corrected chi connectivity index (χ1v) is 5.83. The monoisotopic (exact) mass is 216 g/mol. The fourth-order valence-corrected chi connectivity index (χ4v) is 2.49. The second-order valence-electron chi connectivity index (χ2n) is 4.92. The summed E-state index contributed by atoms with van der Waals surface area (Å²) in [6.45, 7) is 1.46. The van der Waals surface area contributed by atoms with Gasteiger partial charge < -0.3 is 10.6 Å². The molecule has 0 unspecified atom stereocenters. The highest BCUT2D eigenvalue weighted by molar-refractivity contribution is 5.91. The van der Waals surface area contributed by atoms with E-state index in [-0.39, 0.29) is 17.4 Å². The summed E-state index contributed by atoms with van der Waals surface area (Å²) in [5.74, 6) is 0.278. The van der Waals surface area contributed by atoms with Gasteiger partial charge in [-0.3, -0.25) is 4.79 Å². The molecule has 3 nitrogen and oxygen atoms in total. The van der Waals surface area contributed by atoms with Crippen LogP contribution in [-0.2, 0) is 10.2 Å². The molecule has 2 aliphatic rings. The molecule has 1 heterocycles. The fraction of sp³-hybridized carbons (Fsp3) is 0.462. The lowest BCUT2D eigenvalue weighted by Gasteiger charge is -2.39. The molecule has 1 aromatic carbocycles. The van der Waals surface area contributed by atoms with Crippen LogP contribution < -0.4 is 5.73 Å². The molecule has 2 fully saturated rings. The summed E-state index contributed by atoms with van der Waals surface area (Å²) in [6, 6.07) is 10.3. The van der Waals surface area contributed by atoms with Gasteiger partial charge in [0.2, 0.25) is 5.91 Å². The first-order valence-electron chi connectivity index (χ1n) is 5.83. The number of nitrogens with zero attached hydrogens (tertiary/aromatic N) is 1. The summed E-state index contributed by atoms with van der Waals surface area (Å²) < 4.78 is 0. The lowest BCUT2D eigenvalue weighted by Crippen LogP contribution is -2.60. The Labute approximate surface area is 95.2 Å². The summed E-state index contributed by atoms with van der Waals surface area (Å²) in [6.07, 6.45) is 1.98. The third-order valence-corrected chi connectivity index (χ3v) is 3.68. The van der Waals surface area contributed by atoms with E-state index in [4.69, 9.17) is 5.73 Å². The molecule has 3 heteroatoms. The normalized spacial score (nSPS) is 22.7. The number of hydrogen-bond acceptors (Lipinski definition) is 2. The van der Waals surface area contributed by atoms with Crippen molar-refractivity contribution in [3.05, 3.63) is 35.9 Å². The van der Waals surface area contributed by atoms with E-state index in [1.165, 1.54) is 5.56 Å². The second-order valence-corrected chi connectivity index (χ2v) is 4.92. The van der Waals surface area contributed by atoms with Crippen LogP contribution in [0.1, 0.15) is 18.4 Å². The molecule has 2 N–H and O–H groups in total. The van der Waals surface area contributed by atoms with Crippen LogP contribution >= 0.6 is 0 Å². The van der Waals surface area contributed by atoms with E-state index in [1.54, 1.807) is 0 Å². The van der Waals surface area contributed by atoms with Crippen molar-refractivity contribution in [3.63, 3.8) is 0 Å². The molecule has 1 saturated carbocycles. The average molecular weight is 216 g/mol. The van der Waals surface area contributed by atoms with Gasteiger partial charge in [0.15, 0.2) is 0 Å². The largest absolute Gasteiger partial charge is 0.339 e. The van der Waals surface area contributed by atoms with E-state index in [1.807, 2.05) is 23.1 Å². The van der Waals surface area contributed by atoms with E-state index in [9.17, 15) is 4.79 Å². The topological polar surface area (TPSA) is 46.3 Å². The summed E-state index contributed by atoms with van der Waals surface area (Å²) >= 11 is 0. The zero-order valence-corrected chi connectivity index (χ0v) is 9.23. The zero-order chi connectivity index (χ0) is 11.2. The van der Waals surface area contributed by atoms with Gasteiger partial charge in [-0.25, -0.2) is 0 Å². The van der Waals surface area contributed by atoms with E-state index in [0.29, 0.717) is 0 Å². The van der Waals surface area contributed by atoms with Crippen molar-refractivity contribution < 1.29 is 4.79 Å². The van der Waals surface area contributed by atoms with Crippen LogP contribution in [0.25, 0.3) is 0 Å². The van der Waals surface area contributed by atoms with Crippen LogP contribution in [0.5, 0.6) is 0 Å². The first-order chi connectivity index (χ1) is 7.72. The van der Waals surface area contributed by atoms with Crippen LogP contribution in [-0.4, -0.2) is 29.9 Å². The number of benzene rings is 1. The Morgan fingerprint density at radius 1 is 1.25 bits per heavy atom. The Morgan fingerprint density at radius 3 is 2.38 bits per heavy atom. The Morgan fingerprint density at radius 2 is 1.88 bits per heavy atom. The predicted molar refractivity (Wildman–Crippen MR) is 61.9 cm³/mol. The Bertz CT molecular complexity index is 405. The van der Waals surface area contributed by atoms with Crippen molar-refractivity contribution in [2.75, 3.05) is 13.1 Å². The maximum Gasteiger partial charge on any atom is 0.233 e. The summed E-state index contributed by atoms with van der Waals surface area (Å²) in [4.78, 5) is 14.2. The van der Waals surface area contributed by atoms with Gasteiger partial charge >= 0.3 is 0 Å². The lowest BCUT2D eigenvalue weighted by atomic mass is 9.92. The minimum atomic E-state index is -0.207. The number of rotatable bonds is 2. The standard InChI is InChI=1S/C13H16N2O/c14-11-8-15(9-11)12(16)13(6-7-13)10-4-2-1-3-5-10/h1-5,11H,6-9,14H2. The SMILES string of the molecule is NC1CN(C(=O)C2(c3ccccc3)CC2)C1. The van der Waals surface area contributed by atoms with Gasteiger partial charge in [0.05, 0.1) is 5.41 Å². The second kappa shape index (κ2) is 3.32. The highest BCUT2D eigenvalue weighted by Gasteiger charge is 2.54. The highest BCUT2D eigenvalue weighted by atomic mass is 16.2. The molecular formula is C13H16N2O. The quantitative estimate of drug-likeness (QED) is 0.798. The summed E-state index contributed by atoms with van der Waals surface area (Å²) in [5.41, 5.74) is 6.68. The number of amides is 1. The highest BCUT2D eigenvalue weighted by Crippen LogP contribution is 2.49. The molecule has 0 bridgehead atoms. The number of carbonyl (C=O) groups excluding carboxylic acids is 1. The first kappa shape index (κ1) is 9.85. The van der Waals surface area contributed by atoms with Crippen molar-refractivity contribution in [2.45, 2.75) is 24.3 Å². The molecule has 1 saturated heterocycles. The van der Waals surface area contributed by atoms with Crippen molar-refractivity contribution >= 4 is 5.91 Å². The average Bonchev–Trinajstić information content (AvgIpc) is 3.06. The van der Waals surface area contributed by atoms with E-state index < -0.39 is 0 Å². The van der Waals surface area contributed by atoms with Crippen LogP contribution in [0.2, 0.25) is 0 Å². The van der Waals surface area contributed by atoms with E-state index in [2.05, 4.69) is 12.1 Å². The van der Waals surface area contributed by atoms with Crippen LogP contribution in [0.4, 0.5) is 0 Å². The van der Waals surface area contributed by atoms with Gasteiger partial charge in [0.1, 0.15) is 0 Å². The molecule has 16 heavy (non-hydrogen) atoms. The molecule has 1 aromatic rings. The van der Waals surface area contributed by atoms with Crippen LogP contribution in [0, 0.1) is 0 Å². The van der Waals surface area contributed by atoms with Crippen molar-refractivity contribution in [2.24, 2.45) is 5.73 Å². The van der Waals surface area contributed by atoms with Crippen LogP contribution in [0.15, 0.2) is 30.3 Å². The van der Waals surface area contributed by atoms with Gasteiger partial charge in [-0.05, 0) is 18.4 Å². The number of carbonyl (C=O) groups is 1. The molecule has 1 aliphatic carbocycles. The number of hydrogen-bond donors (Lipinski definition) is 1. The summed E-state index contributed by atoms with van der Waals surface area (Å²) in [5, 5.41) is 0.